The van der Waals surface area contributed by atoms with Gasteiger partial charge in [0, 0.05) is 12.5 Å². The number of amides is 2. The van der Waals surface area contributed by atoms with Gasteiger partial charge >= 0.3 is 0 Å². The van der Waals surface area contributed by atoms with Crippen LogP contribution >= 0.6 is 0 Å². The van der Waals surface area contributed by atoms with E-state index in [2.05, 4.69) is 0 Å². The average Bonchev–Trinajstić information content (AvgIpc) is 2.82. The highest BCUT2D eigenvalue weighted by Gasteiger charge is 2.54. The van der Waals surface area contributed by atoms with Crippen LogP contribution < -0.4 is 0 Å². The van der Waals surface area contributed by atoms with Crippen LogP contribution in [0.3, 0.4) is 0 Å². The Labute approximate surface area is 192 Å². The predicted molar refractivity (Wildman–Crippen MR) is 123 cm³/mol. The van der Waals surface area contributed by atoms with Crippen molar-refractivity contribution in [3.8, 4) is 11.1 Å². The Balaban J connectivity index is 1.34. The van der Waals surface area contributed by atoms with Gasteiger partial charge in [0.25, 0.3) is 0 Å². The molecule has 3 atom stereocenters. The summed E-state index contributed by atoms with van der Waals surface area (Å²) in [7, 11) is 0. The molecule has 0 unspecified atom stereocenters. The van der Waals surface area contributed by atoms with Crippen LogP contribution in [-0.2, 0) is 16.0 Å². The van der Waals surface area contributed by atoms with Crippen molar-refractivity contribution < 1.29 is 19.1 Å². The maximum absolute atomic E-state index is 13.2. The van der Waals surface area contributed by atoms with E-state index >= 15 is 0 Å². The monoisotopic (exact) mass is 444 g/mol. The average molecular weight is 445 g/mol. The Hall–Kier alpha value is -3.51. The number of hydrogen-bond donors (Lipinski definition) is 1. The molecule has 2 saturated heterocycles. The van der Waals surface area contributed by atoms with Crippen molar-refractivity contribution in [2.24, 2.45) is 0 Å². The molecule has 2 aliphatic rings. The second kappa shape index (κ2) is 8.79. The van der Waals surface area contributed by atoms with Crippen molar-refractivity contribution in [1.29, 1.82) is 0 Å². The van der Waals surface area contributed by atoms with Gasteiger partial charge < -0.3 is 14.9 Å². The molecule has 3 aromatic rings. The number of aliphatic hydroxyl groups is 1. The van der Waals surface area contributed by atoms with Gasteiger partial charge in [0.2, 0.25) is 11.8 Å². The van der Waals surface area contributed by atoms with Crippen molar-refractivity contribution >= 4 is 11.8 Å². The Morgan fingerprint density at radius 2 is 1.58 bits per heavy atom. The molecule has 1 N–H and O–H groups in total. The lowest BCUT2D eigenvalue weighted by atomic mass is 9.73. The molecule has 2 amide bonds. The molecule has 2 fully saturated rings. The fraction of sp³-hybridized carbons (Fsp3) is 0.259. The molecule has 5 nitrogen and oxygen atoms in total. The summed E-state index contributed by atoms with van der Waals surface area (Å²) < 4.78 is 13.2. The van der Waals surface area contributed by atoms with E-state index in [1.165, 1.54) is 12.1 Å². The third kappa shape index (κ3) is 4.02. The fourth-order valence-electron chi connectivity index (χ4n) is 5.11. The number of carbonyl (C=O) groups is 2. The lowest BCUT2D eigenvalue weighted by Gasteiger charge is -2.58. The highest BCUT2D eigenvalue weighted by Crippen LogP contribution is 2.43. The van der Waals surface area contributed by atoms with Crippen molar-refractivity contribution in [2.75, 3.05) is 19.7 Å². The maximum atomic E-state index is 13.2. The molecule has 0 spiro atoms. The maximum Gasteiger partial charge on any atom is 0.242 e. The number of hydrogen-bond acceptors (Lipinski definition) is 3. The topological polar surface area (TPSA) is 60.9 Å². The molecule has 168 valence electrons. The predicted octanol–water partition coefficient (Wildman–Crippen LogP) is 3.23. The van der Waals surface area contributed by atoms with Crippen LogP contribution in [0.2, 0.25) is 0 Å². The lowest BCUT2D eigenvalue weighted by Crippen LogP contribution is -2.73. The molecule has 0 radical (unpaired) electrons. The third-order valence-corrected chi connectivity index (χ3v) is 6.78. The Morgan fingerprint density at radius 3 is 2.21 bits per heavy atom. The summed E-state index contributed by atoms with van der Waals surface area (Å²) in [6, 6.07) is 23.4. The number of aliphatic hydroxyl groups excluding tert-OH is 1. The zero-order valence-corrected chi connectivity index (χ0v) is 18.1. The first-order chi connectivity index (χ1) is 16.0. The van der Waals surface area contributed by atoms with Gasteiger partial charge in [-0.2, -0.15) is 0 Å². The minimum atomic E-state index is -0.287. The van der Waals surface area contributed by atoms with E-state index in [1.807, 2.05) is 54.6 Å². The molecule has 2 aliphatic heterocycles. The van der Waals surface area contributed by atoms with Crippen molar-refractivity contribution in [1.82, 2.24) is 9.80 Å². The first kappa shape index (κ1) is 21.3. The molecule has 6 heteroatoms. The van der Waals surface area contributed by atoms with Crippen LogP contribution in [-0.4, -0.2) is 58.5 Å². The molecule has 5 rings (SSSR count). The highest BCUT2D eigenvalue weighted by molar-refractivity contribution is 5.88. The largest absolute Gasteiger partial charge is 0.394 e. The number of piperazine rings is 1. The molecular formula is C27H25FN2O3. The van der Waals surface area contributed by atoms with Gasteiger partial charge in [-0.15, -0.1) is 0 Å². The van der Waals surface area contributed by atoms with Gasteiger partial charge in [-0.3, -0.25) is 9.59 Å². The van der Waals surface area contributed by atoms with Crippen LogP contribution in [0.4, 0.5) is 4.39 Å². The third-order valence-electron chi connectivity index (χ3n) is 6.78. The normalized spacial score (nSPS) is 22.0. The van der Waals surface area contributed by atoms with Crippen molar-refractivity contribution in [2.45, 2.75) is 24.4 Å². The molecule has 0 bridgehead atoms. The van der Waals surface area contributed by atoms with E-state index in [1.54, 1.807) is 21.9 Å². The number of benzene rings is 3. The molecule has 3 aromatic carbocycles. The summed E-state index contributed by atoms with van der Waals surface area (Å²) >= 11 is 0. The van der Waals surface area contributed by atoms with Crippen LogP contribution in [0.1, 0.15) is 17.0 Å². The Bertz CT molecular complexity index is 1150. The summed E-state index contributed by atoms with van der Waals surface area (Å²) in [5.74, 6) is -0.504. The number of rotatable bonds is 5. The van der Waals surface area contributed by atoms with Gasteiger partial charge in [-0.05, 0) is 34.4 Å². The highest BCUT2D eigenvalue weighted by atomic mass is 19.1. The second-order valence-electron chi connectivity index (χ2n) is 8.71. The zero-order valence-electron chi connectivity index (χ0n) is 18.1. The summed E-state index contributed by atoms with van der Waals surface area (Å²) in [6.45, 7) is 0.387. The summed E-state index contributed by atoms with van der Waals surface area (Å²) in [4.78, 5) is 29.1. The van der Waals surface area contributed by atoms with Gasteiger partial charge in [0.15, 0.2) is 0 Å². The summed E-state index contributed by atoms with van der Waals surface area (Å²) in [5, 5.41) is 9.99. The SMILES string of the molecule is O=C(Cc1ccccc1)N1CC(=O)N2[C@H](CO)[C@@H](c3ccc(-c4ccc(F)cc4)cc3)[C@H]2C1. The molecular weight excluding hydrogens is 419 g/mol. The molecule has 0 aliphatic carbocycles. The smallest absolute Gasteiger partial charge is 0.242 e. The van der Waals surface area contributed by atoms with E-state index in [0.717, 1.165) is 22.3 Å². The molecule has 33 heavy (non-hydrogen) atoms. The molecule has 2 heterocycles. The number of fused-ring (bicyclic) bond motifs is 1. The van der Waals surface area contributed by atoms with Gasteiger partial charge in [0.05, 0.1) is 31.7 Å². The van der Waals surface area contributed by atoms with Gasteiger partial charge in [-0.1, -0.05) is 66.7 Å². The Morgan fingerprint density at radius 1 is 0.939 bits per heavy atom. The summed E-state index contributed by atoms with van der Waals surface area (Å²) in [5.41, 5.74) is 3.83. The second-order valence-corrected chi connectivity index (χ2v) is 8.71. The number of halogens is 1. The number of carbonyl (C=O) groups excluding carboxylic acids is 2. The first-order valence-electron chi connectivity index (χ1n) is 11.1. The molecule has 0 aromatic heterocycles. The van der Waals surface area contributed by atoms with Crippen LogP contribution in [0.5, 0.6) is 0 Å². The van der Waals surface area contributed by atoms with Crippen molar-refractivity contribution in [3.63, 3.8) is 0 Å². The van der Waals surface area contributed by atoms with E-state index in [-0.39, 0.29) is 55.2 Å². The van der Waals surface area contributed by atoms with E-state index in [4.69, 9.17) is 0 Å². The molecule has 0 saturated carbocycles. The van der Waals surface area contributed by atoms with E-state index < -0.39 is 0 Å². The fourth-order valence-corrected chi connectivity index (χ4v) is 5.11. The van der Waals surface area contributed by atoms with Crippen LogP contribution in [0, 0.1) is 5.82 Å². The van der Waals surface area contributed by atoms with E-state index in [0.29, 0.717) is 6.54 Å². The standard InChI is InChI=1S/C27H25FN2O3/c28-22-12-10-20(11-13-22)19-6-8-21(9-7-19)27-23-15-29(16-26(33)30(23)24(27)17-31)25(32)14-18-4-2-1-3-5-18/h1-13,23-24,27,31H,14-17H2/t23-,24-,27+/m1/s1. The zero-order chi connectivity index (χ0) is 22.9. The quantitative estimate of drug-likeness (QED) is 0.657. The van der Waals surface area contributed by atoms with Gasteiger partial charge in [-0.25, -0.2) is 4.39 Å². The van der Waals surface area contributed by atoms with Crippen LogP contribution in [0.15, 0.2) is 78.9 Å². The number of nitrogens with zero attached hydrogens (tertiary/aromatic N) is 2. The first-order valence-corrected chi connectivity index (χ1v) is 11.1. The Kier molecular flexibility index (Phi) is 5.68. The minimum Gasteiger partial charge on any atom is -0.394 e. The lowest BCUT2D eigenvalue weighted by molar-refractivity contribution is -0.166. The van der Waals surface area contributed by atoms with Crippen LogP contribution in [0.25, 0.3) is 11.1 Å². The van der Waals surface area contributed by atoms with Gasteiger partial charge in [0.1, 0.15) is 5.82 Å². The van der Waals surface area contributed by atoms with E-state index in [9.17, 15) is 19.1 Å². The summed E-state index contributed by atoms with van der Waals surface area (Å²) in [6.07, 6.45) is 0.265. The van der Waals surface area contributed by atoms with Crippen molar-refractivity contribution in [3.05, 3.63) is 95.8 Å². The minimum absolute atomic E-state index is 0.0476.